The molecule has 0 saturated heterocycles. The molecule has 170 valence electrons. The SMILES string of the molecule is C=C/C(=C\C=C(/C)C(F)(F)F)c1nc(CCCC)c(COCc2ccc(C#N)c(F)c2)s1. The lowest BCUT2D eigenvalue weighted by Gasteiger charge is -2.05. The molecule has 2 aromatic rings. The number of nitriles is 1. The molecule has 0 spiro atoms. The molecule has 0 radical (unpaired) electrons. The number of unbranched alkanes of at least 4 members (excludes halogenated alkanes) is 1. The second-order valence-corrected chi connectivity index (χ2v) is 8.17. The number of ether oxygens (including phenoxy) is 1. The van der Waals surface area contributed by atoms with Gasteiger partial charge in [0.25, 0.3) is 0 Å². The number of hydrogen-bond donors (Lipinski definition) is 0. The molecule has 0 aliphatic rings. The monoisotopic (exact) mass is 464 g/mol. The number of thiazole rings is 1. The highest BCUT2D eigenvalue weighted by atomic mass is 32.1. The maximum absolute atomic E-state index is 13.8. The molecule has 0 saturated carbocycles. The van der Waals surface area contributed by atoms with Gasteiger partial charge in [-0.05, 0) is 37.5 Å². The number of nitrogens with zero attached hydrogens (tertiary/aromatic N) is 2. The minimum atomic E-state index is -4.39. The van der Waals surface area contributed by atoms with Crippen LogP contribution in [0.3, 0.4) is 0 Å². The van der Waals surface area contributed by atoms with Crippen molar-refractivity contribution in [1.82, 2.24) is 4.98 Å². The normalized spacial score (nSPS) is 12.7. The molecule has 0 fully saturated rings. The van der Waals surface area contributed by atoms with E-state index in [9.17, 15) is 17.6 Å². The highest BCUT2D eigenvalue weighted by Crippen LogP contribution is 2.29. The van der Waals surface area contributed by atoms with E-state index in [1.54, 1.807) is 12.1 Å². The zero-order chi connectivity index (χ0) is 23.7. The molecular weight excluding hydrogens is 440 g/mol. The lowest BCUT2D eigenvalue weighted by atomic mass is 10.1. The van der Waals surface area contributed by atoms with Crippen molar-refractivity contribution in [1.29, 1.82) is 5.26 Å². The Morgan fingerprint density at radius 3 is 2.62 bits per heavy atom. The Balaban J connectivity index is 2.20. The predicted octanol–water partition coefficient (Wildman–Crippen LogP) is 7.29. The predicted molar refractivity (Wildman–Crippen MR) is 118 cm³/mol. The van der Waals surface area contributed by atoms with Crippen LogP contribution in [0.5, 0.6) is 0 Å². The number of aryl methyl sites for hydroxylation is 1. The van der Waals surface area contributed by atoms with Gasteiger partial charge in [0.15, 0.2) is 0 Å². The summed E-state index contributed by atoms with van der Waals surface area (Å²) in [5.74, 6) is -0.597. The van der Waals surface area contributed by atoms with Gasteiger partial charge in [-0.3, -0.25) is 0 Å². The summed E-state index contributed by atoms with van der Waals surface area (Å²) in [4.78, 5) is 5.48. The van der Waals surface area contributed by atoms with Crippen molar-refractivity contribution in [2.75, 3.05) is 0 Å². The van der Waals surface area contributed by atoms with Crippen LogP contribution in [0.15, 0.2) is 48.6 Å². The molecule has 8 heteroatoms. The number of hydrogen-bond acceptors (Lipinski definition) is 4. The van der Waals surface area contributed by atoms with E-state index in [-0.39, 0.29) is 18.8 Å². The fraction of sp³-hybridized carbons (Fsp3) is 0.333. The first-order valence-electron chi connectivity index (χ1n) is 10.0. The van der Waals surface area contributed by atoms with Crippen LogP contribution in [0, 0.1) is 17.1 Å². The van der Waals surface area contributed by atoms with Crippen LogP contribution in [-0.2, 0) is 24.4 Å². The van der Waals surface area contributed by atoms with Crippen molar-refractivity contribution in [2.24, 2.45) is 0 Å². The molecule has 32 heavy (non-hydrogen) atoms. The third-order valence-corrected chi connectivity index (χ3v) is 5.75. The highest BCUT2D eigenvalue weighted by molar-refractivity contribution is 7.12. The van der Waals surface area contributed by atoms with Gasteiger partial charge in [0, 0.05) is 11.1 Å². The van der Waals surface area contributed by atoms with Crippen molar-refractivity contribution < 1.29 is 22.3 Å². The van der Waals surface area contributed by atoms with Crippen LogP contribution in [0.1, 0.15) is 53.4 Å². The van der Waals surface area contributed by atoms with E-state index >= 15 is 0 Å². The van der Waals surface area contributed by atoms with Gasteiger partial charge >= 0.3 is 6.18 Å². The molecule has 1 aromatic carbocycles. The van der Waals surface area contributed by atoms with Gasteiger partial charge in [0.2, 0.25) is 0 Å². The average molecular weight is 465 g/mol. The van der Waals surface area contributed by atoms with E-state index in [2.05, 4.69) is 18.5 Å². The first-order valence-corrected chi connectivity index (χ1v) is 10.8. The van der Waals surface area contributed by atoms with Gasteiger partial charge < -0.3 is 4.74 Å². The lowest BCUT2D eigenvalue weighted by molar-refractivity contribution is -0.0912. The van der Waals surface area contributed by atoms with Gasteiger partial charge in [0.05, 0.1) is 29.3 Å². The summed E-state index contributed by atoms with van der Waals surface area (Å²) >= 11 is 1.34. The average Bonchev–Trinajstić information content (AvgIpc) is 3.14. The molecular formula is C24H24F4N2OS. The first-order chi connectivity index (χ1) is 15.2. The Kier molecular flexibility index (Phi) is 9.36. The molecule has 0 aliphatic heterocycles. The summed E-state index contributed by atoms with van der Waals surface area (Å²) in [6.07, 6.45) is 2.07. The molecule has 1 aromatic heterocycles. The summed E-state index contributed by atoms with van der Waals surface area (Å²) in [5, 5.41) is 9.38. The van der Waals surface area contributed by atoms with Crippen molar-refractivity contribution in [3.63, 3.8) is 0 Å². The van der Waals surface area contributed by atoms with Crippen molar-refractivity contribution in [3.05, 3.63) is 81.1 Å². The first kappa shape index (κ1) is 25.5. The van der Waals surface area contributed by atoms with E-state index in [0.717, 1.165) is 42.8 Å². The van der Waals surface area contributed by atoms with Crippen LogP contribution in [-0.4, -0.2) is 11.2 Å². The van der Waals surface area contributed by atoms with Crippen molar-refractivity contribution in [2.45, 2.75) is 52.5 Å². The third kappa shape index (κ3) is 7.14. The van der Waals surface area contributed by atoms with E-state index in [4.69, 9.17) is 10.00 Å². The van der Waals surface area contributed by atoms with E-state index in [0.29, 0.717) is 16.1 Å². The summed E-state index contributed by atoms with van der Waals surface area (Å²) in [5.41, 5.74) is 1.19. The Bertz CT molecular complexity index is 1050. The van der Waals surface area contributed by atoms with Crippen molar-refractivity contribution in [3.8, 4) is 6.07 Å². The van der Waals surface area contributed by atoms with E-state index < -0.39 is 17.6 Å². The third-order valence-electron chi connectivity index (χ3n) is 4.63. The van der Waals surface area contributed by atoms with Gasteiger partial charge in [-0.2, -0.15) is 18.4 Å². The second-order valence-electron chi connectivity index (χ2n) is 7.08. The topological polar surface area (TPSA) is 45.9 Å². The van der Waals surface area contributed by atoms with Gasteiger partial charge in [-0.25, -0.2) is 9.37 Å². The Morgan fingerprint density at radius 1 is 1.28 bits per heavy atom. The number of rotatable bonds is 10. The summed E-state index contributed by atoms with van der Waals surface area (Å²) in [7, 11) is 0. The Labute approximate surface area is 189 Å². The molecule has 1 heterocycles. The molecule has 0 N–H and O–H groups in total. The van der Waals surface area contributed by atoms with Gasteiger partial charge in [-0.15, -0.1) is 11.3 Å². The van der Waals surface area contributed by atoms with Gasteiger partial charge in [0.1, 0.15) is 16.9 Å². The Morgan fingerprint density at radius 2 is 2.03 bits per heavy atom. The number of halogens is 4. The largest absolute Gasteiger partial charge is 0.412 e. The minimum absolute atomic E-state index is 0.0266. The zero-order valence-corrected chi connectivity index (χ0v) is 18.7. The van der Waals surface area contributed by atoms with E-state index in [1.807, 2.05) is 0 Å². The van der Waals surface area contributed by atoms with Crippen LogP contribution in [0.2, 0.25) is 0 Å². The molecule has 0 bridgehead atoms. The molecule has 3 nitrogen and oxygen atoms in total. The summed E-state index contributed by atoms with van der Waals surface area (Å²) in [6, 6.07) is 6.08. The van der Waals surface area contributed by atoms with Crippen LogP contribution < -0.4 is 0 Å². The maximum atomic E-state index is 13.8. The maximum Gasteiger partial charge on any atom is 0.412 e. The number of benzene rings is 1. The molecule has 0 aliphatic carbocycles. The van der Waals surface area contributed by atoms with Crippen LogP contribution in [0.4, 0.5) is 17.6 Å². The second kappa shape index (κ2) is 11.7. The molecule has 0 unspecified atom stereocenters. The van der Waals surface area contributed by atoms with Crippen LogP contribution in [0.25, 0.3) is 5.57 Å². The number of allylic oxidation sites excluding steroid dienone is 5. The molecule has 0 amide bonds. The fourth-order valence-electron chi connectivity index (χ4n) is 2.70. The zero-order valence-electron chi connectivity index (χ0n) is 17.9. The highest BCUT2D eigenvalue weighted by Gasteiger charge is 2.29. The van der Waals surface area contributed by atoms with Crippen LogP contribution >= 0.6 is 11.3 Å². The standard InChI is InChI=1S/C24H24F4N2OS/c1-4-6-7-21-22(15-31-14-17-9-11-19(13-29)20(25)12-17)32-23(30-21)18(5-2)10-8-16(3)24(26,27)28/h5,8-12H,2,4,6-7,14-15H2,1,3H3/b16-8+,18-10+. The van der Waals surface area contributed by atoms with E-state index in [1.165, 1.54) is 35.6 Å². The van der Waals surface area contributed by atoms with Gasteiger partial charge in [-0.1, -0.05) is 44.2 Å². The minimum Gasteiger partial charge on any atom is -0.371 e. The summed E-state index contributed by atoms with van der Waals surface area (Å²) in [6.45, 7) is 7.16. The lowest BCUT2D eigenvalue weighted by Crippen LogP contribution is -2.08. The number of aromatic nitrogens is 1. The smallest absolute Gasteiger partial charge is 0.371 e. The Hall–Kier alpha value is -2.76. The molecule has 2 rings (SSSR count). The van der Waals surface area contributed by atoms with Crippen molar-refractivity contribution >= 4 is 16.9 Å². The summed E-state index contributed by atoms with van der Waals surface area (Å²) < 4.78 is 57.8. The number of alkyl halides is 3. The molecule has 0 atom stereocenters. The quantitative estimate of drug-likeness (QED) is 0.274. The fourth-order valence-corrected chi connectivity index (χ4v) is 3.76.